The van der Waals surface area contributed by atoms with E-state index in [1.165, 1.54) is 0 Å². The fourth-order valence-corrected chi connectivity index (χ4v) is 1.20. The van der Waals surface area contributed by atoms with Crippen molar-refractivity contribution in [3.05, 3.63) is 18.1 Å². The Balaban J connectivity index is 2.55. The van der Waals surface area contributed by atoms with E-state index >= 15 is 0 Å². The quantitative estimate of drug-likeness (QED) is 0.604. The van der Waals surface area contributed by atoms with Gasteiger partial charge in [0.1, 0.15) is 12.1 Å². The second kappa shape index (κ2) is 5.81. The number of nitrogens with one attached hydrogen (secondary N) is 1. The van der Waals surface area contributed by atoms with Crippen LogP contribution in [0.25, 0.3) is 0 Å². The summed E-state index contributed by atoms with van der Waals surface area (Å²) in [7, 11) is 0. The van der Waals surface area contributed by atoms with Crippen molar-refractivity contribution < 1.29 is 0 Å². The summed E-state index contributed by atoms with van der Waals surface area (Å²) in [6, 6.07) is 1.99. The molecule has 0 atom stereocenters. The molecule has 1 N–H and O–H groups in total. The number of hydrogen-bond acceptors (Lipinski definition) is 3. The summed E-state index contributed by atoms with van der Waals surface area (Å²) in [4.78, 5) is 8.32. The van der Waals surface area contributed by atoms with E-state index in [4.69, 9.17) is 11.6 Å². The molecule has 14 heavy (non-hydrogen) atoms. The summed E-state index contributed by atoms with van der Waals surface area (Å²) in [6.45, 7) is 5.09. The van der Waals surface area contributed by atoms with Crippen LogP contribution in [0.1, 0.15) is 31.9 Å². The molecule has 0 aliphatic rings. The molecule has 78 valence electrons. The average molecular weight is 214 g/mol. The molecule has 3 nitrogen and oxygen atoms in total. The van der Waals surface area contributed by atoms with Gasteiger partial charge in [-0.15, -0.1) is 11.6 Å². The molecule has 0 aliphatic heterocycles. The van der Waals surface area contributed by atoms with E-state index in [-0.39, 0.29) is 0 Å². The van der Waals surface area contributed by atoms with Crippen LogP contribution < -0.4 is 5.32 Å². The zero-order valence-corrected chi connectivity index (χ0v) is 9.38. The largest absolute Gasteiger partial charge is 0.370 e. The lowest BCUT2D eigenvalue weighted by molar-refractivity contribution is 0.813. The average Bonchev–Trinajstić information content (AvgIpc) is 2.19. The van der Waals surface area contributed by atoms with Crippen molar-refractivity contribution in [3.63, 3.8) is 0 Å². The van der Waals surface area contributed by atoms with Crippen molar-refractivity contribution in [2.24, 2.45) is 0 Å². The minimum absolute atomic E-state index is 0.437. The number of halogens is 1. The fourth-order valence-electron chi connectivity index (χ4n) is 1.07. The summed E-state index contributed by atoms with van der Waals surface area (Å²) in [5.74, 6) is 2.00. The van der Waals surface area contributed by atoms with Crippen LogP contribution in [0.4, 0.5) is 5.82 Å². The number of nitrogens with zero attached hydrogens (tertiary/aromatic N) is 2. The third-order valence-corrected chi connectivity index (χ3v) is 2.16. The lowest BCUT2D eigenvalue weighted by Gasteiger charge is -2.07. The Morgan fingerprint density at radius 2 is 2.21 bits per heavy atom. The summed E-state index contributed by atoms with van der Waals surface area (Å²) >= 11 is 5.58. The summed E-state index contributed by atoms with van der Waals surface area (Å²) < 4.78 is 0. The maximum Gasteiger partial charge on any atom is 0.129 e. The number of anilines is 1. The van der Waals surface area contributed by atoms with Gasteiger partial charge in [0, 0.05) is 24.2 Å². The zero-order chi connectivity index (χ0) is 10.4. The molecule has 0 saturated carbocycles. The van der Waals surface area contributed by atoms with Gasteiger partial charge in [0.2, 0.25) is 0 Å². The zero-order valence-electron chi connectivity index (χ0n) is 8.63. The standard InChI is InChI=1S/C10H16ClN3/c1-8(2)9-6-10(14-7-13-9)12-5-3-4-11/h6-8H,3-5H2,1-2H3,(H,12,13,14). The molecule has 0 spiro atoms. The van der Waals surface area contributed by atoms with Gasteiger partial charge in [-0.1, -0.05) is 13.8 Å². The first kappa shape index (κ1) is 11.2. The SMILES string of the molecule is CC(C)c1cc(NCCCCl)ncn1. The Labute approximate surface area is 89.9 Å². The van der Waals surface area contributed by atoms with Crippen molar-refractivity contribution in [1.82, 2.24) is 9.97 Å². The molecule has 0 unspecified atom stereocenters. The van der Waals surface area contributed by atoms with Crippen LogP contribution >= 0.6 is 11.6 Å². The number of aromatic nitrogens is 2. The molecule has 1 aromatic rings. The van der Waals surface area contributed by atoms with E-state index < -0.39 is 0 Å². The Morgan fingerprint density at radius 3 is 2.86 bits per heavy atom. The van der Waals surface area contributed by atoms with Crippen LogP contribution in [-0.4, -0.2) is 22.4 Å². The van der Waals surface area contributed by atoms with Crippen molar-refractivity contribution in [2.75, 3.05) is 17.7 Å². The lowest BCUT2D eigenvalue weighted by atomic mass is 10.1. The van der Waals surface area contributed by atoms with E-state index in [1.807, 2.05) is 6.07 Å². The Bertz CT molecular complexity index is 276. The molecule has 1 rings (SSSR count). The molecule has 0 aliphatic carbocycles. The Morgan fingerprint density at radius 1 is 1.43 bits per heavy atom. The minimum atomic E-state index is 0.437. The van der Waals surface area contributed by atoms with Gasteiger partial charge in [0.15, 0.2) is 0 Å². The highest BCUT2D eigenvalue weighted by Crippen LogP contribution is 2.13. The van der Waals surface area contributed by atoms with E-state index in [0.717, 1.165) is 24.5 Å². The van der Waals surface area contributed by atoms with Gasteiger partial charge in [-0.2, -0.15) is 0 Å². The van der Waals surface area contributed by atoms with Crippen molar-refractivity contribution in [3.8, 4) is 0 Å². The lowest BCUT2D eigenvalue weighted by Crippen LogP contribution is -2.05. The third kappa shape index (κ3) is 3.50. The predicted octanol–water partition coefficient (Wildman–Crippen LogP) is 2.64. The summed E-state index contributed by atoms with van der Waals surface area (Å²) in [5.41, 5.74) is 1.06. The predicted molar refractivity (Wildman–Crippen MR) is 59.9 cm³/mol. The highest BCUT2D eigenvalue weighted by Gasteiger charge is 2.01. The Kier molecular flexibility index (Phi) is 4.66. The van der Waals surface area contributed by atoms with Crippen LogP contribution in [0.2, 0.25) is 0 Å². The molecule has 0 saturated heterocycles. The van der Waals surface area contributed by atoms with Gasteiger partial charge < -0.3 is 5.32 Å². The van der Waals surface area contributed by atoms with Crippen LogP contribution in [0.15, 0.2) is 12.4 Å². The third-order valence-electron chi connectivity index (χ3n) is 1.90. The molecule has 4 heteroatoms. The molecule has 0 radical (unpaired) electrons. The molecule has 1 aromatic heterocycles. The number of rotatable bonds is 5. The van der Waals surface area contributed by atoms with E-state index in [0.29, 0.717) is 11.8 Å². The first-order valence-electron chi connectivity index (χ1n) is 4.86. The smallest absolute Gasteiger partial charge is 0.129 e. The highest BCUT2D eigenvalue weighted by molar-refractivity contribution is 6.17. The monoisotopic (exact) mass is 213 g/mol. The fraction of sp³-hybridized carbons (Fsp3) is 0.600. The van der Waals surface area contributed by atoms with Crippen molar-refractivity contribution in [2.45, 2.75) is 26.2 Å². The number of alkyl halides is 1. The second-order valence-electron chi connectivity index (χ2n) is 3.45. The van der Waals surface area contributed by atoms with Crippen LogP contribution in [0, 0.1) is 0 Å². The second-order valence-corrected chi connectivity index (χ2v) is 3.83. The van der Waals surface area contributed by atoms with Gasteiger partial charge in [0.25, 0.3) is 0 Å². The number of hydrogen-bond donors (Lipinski definition) is 1. The first-order valence-corrected chi connectivity index (χ1v) is 5.39. The van der Waals surface area contributed by atoms with E-state index in [1.54, 1.807) is 6.33 Å². The van der Waals surface area contributed by atoms with Crippen molar-refractivity contribution in [1.29, 1.82) is 0 Å². The highest BCUT2D eigenvalue weighted by atomic mass is 35.5. The molecular formula is C10H16ClN3. The topological polar surface area (TPSA) is 37.8 Å². The first-order chi connectivity index (χ1) is 6.74. The van der Waals surface area contributed by atoms with Gasteiger partial charge in [-0.05, 0) is 12.3 Å². The van der Waals surface area contributed by atoms with Gasteiger partial charge in [-0.25, -0.2) is 9.97 Å². The normalized spacial score (nSPS) is 10.6. The molecule has 0 fully saturated rings. The van der Waals surface area contributed by atoms with Crippen LogP contribution in [0.3, 0.4) is 0 Å². The van der Waals surface area contributed by atoms with Crippen molar-refractivity contribution >= 4 is 17.4 Å². The van der Waals surface area contributed by atoms with Gasteiger partial charge in [0.05, 0.1) is 0 Å². The molecular weight excluding hydrogens is 198 g/mol. The van der Waals surface area contributed by atoms with Crippen LogP contribution in [-0.2, 0) is 0 Å². The molecule has 0 bridgehead atoms. The maximum atomic E-state index is 5.58. The van der Waals surface area contributed by atoms with E-state index in [2.05, 4.69) is 29.1 Å². The maximum absolute atomic E-state index is 5.58. The minimum Gasteiger partial charge on any atom is -0.370 e. The van der Waals surface area contributed by atoms with E-state index in [9.17, 15) is 0 Å². The summed E-state index contributed by atoms with van der Waals surface area (Å²) in [5, 5.41) is 3.21. The Hall–Kier alpha value is -0.830. The summed E-state index contributed by atoms with van der Waals surface area (Å²) in [6.07, 6.45) is 2.54. The molecule has 0 amide bonds. The van der Waals surface area contributed by atoms with Gasteiger partial charge >= 0.3 is 0 Å². The van der Waals surface area contributed by atoms with Gasteiger partial charge in [-0.3, -0.25) is 0 Å². The molecule has 0 aromatic carbocycles. The van der Waals surface area contributed by atoms with Crippen LogP contribution in [0.5, 0.6) is 0 Å². The molecule has 1 heterocycles.